The Morgan fingerprint density at radius 3 is 2.56 bits per heavy atom. The standard InChI is InChI=1S/C14H16INOS/c1-2-13(16)14(10-7-8-18-9-10)17-12-5-3-11(15)4-6-12/h3-9,13-14H,2,16H2,1H3. The van der Waals surface area contributed by atoms with E-state index in [9.17, 15) is 0 Å². The number of thiophene rings is 1. The van der Waals surface area contributed by atoms with E-state index in [2.05, 4.69) is 46.3 Å². The fourth-order valence-electron chi connectivity index (χ4n) is 1.71. The molecule has 0 bridgehead atoms. The van der Waals surface area contributed by atoms with Crippen molar-refractivity contribution in [3.05, 3.63) is 50.2 Å². The molecule has 0 radical (unpaired) electrons. The molecule has 1 aromatic carbocycles. The molecule has 0 aliphatic rings. The number of benzene rings is 1. The summed E-state index contributed by atoms with van der Waals surface area (Å²) in [5, 5.41) is 4.16. The van der Waals surface area contributed by atoms with Gasteiger partial charge in [-0.1, -0.05) is 6.92 Å². The molecule has 18 heavy (non-hydrogen) atoms. The minimum Gasteiger partial charge on any atom is -0.484 e. The molecule has 0 aliphatic carbocycles. The quantitative estimate of drug-likeness (QED) is 0.797. The van der Waals surface area contributed by atoms with Crippen molar-refractivity contribution >= 4 is 33.9 Å². The summed E-state index contributed by atoms with van der Waals surface area (Å²) in [6, 6.07) is 10.2. The third-order valence-electron chi connectivity index (χ3n) is 2.81. The molecule has 4 heteroatoms. The van der Waals surface area contributed by atoms with Crippen LogP contribution in [0.3, 0.4) is 0 Å². The molecule has 2 nitrogen and oxygen atoms in total. The molecule has 2 N–H and O–H groups in total. The van der Waals surface area contributed by atoms with E-state index in [0.717, 1.165) is 17.7 Å². The smallest absolute Gasteiger partial charge is 0.140 e. The lowest BCUT2D eigenvalue weighted by atomic mass is 10.0. The van der Waals surface area contributed by atoms with Gasteiger partial charge in [-0.05, 0) is 70.1 Å². The summed E-state index contributed by atoms with van der Waals surface area (Å²) in [4.78, 5) is 0. The van der Waals surface area contributed by atoms with Crippen LogP contribution >= 0.6 is 33.9 Å². The predicted octanol–water partition coefficient (Wildman–Crippen LogP) is 4.21. The minimum absolute atomic E-state index is 0.0129. The number of ether oxygens (including phenoxy) is 1. The van der Waals surface area contributed by atoms with Crippen molar-refractivity contribution in [2.24, 2.45) is 5.73 Å². The van der Waals surface area contributed by atoms with Crippen molar-refractivity contribution < 1.29 is 4.74 Å². The first-order valence-electron chi connectivity index (χ1n) is 5.90. The lowest BCUT2D eigenvalue weighted by Gasteiger charge is -2.23. The molecular weight excluding hydrogens is 357 g/mol. The Bertz CT molecular complexity index is 469. The van der Waals surface area contributed by atoms with E-state index in [0.29, 0.717) is 0 Å². The molecule has 96 valence electrons. The Labute approximate surface area is 125 Å². The molecule has 0 saturated heterocycles. The van der Waals surface area contributed by atoms with Crippen LogP contribution in [0.5, 0.6) is 5.75 Å². The molecular formula is C14H16INOS. The average Bonchev–Trinajstić information content (AvgIpc) is 2.91. The zero-order chi connectivity index (χ0) is 13.0. The van der Waals surface area contributed by atoms with Gasteiger partial charge in [-0.15, -0.1) is 0 Å². The van der Waals surface area contributed by atoms with Crippen molar-refractivity contribution in [1.29, 1.82) is 0 Å². The van der Waals surface area contributed by atoms with Gasteiger partial charge in [0, 0.05) is 15.2 Å². The van der Waals surface area contributed by atoms with Crippen LogP contribution in [0.1, 0.15) is 25.0 Å². The second-order valence-electron chi connectivity index (χ2n) is 4.12. The van der Waals surface area contributed by atoms with Gasteiger partial charge in [-0.25, -0.2) is 0 Å². The first-order valence-corrected chi connectivity index (χ1v) is 7.92. The predicted molar refractivity (Wildman–Crippen MR) is 85.1 cm³/mol. The van der Waals surface area contributed by atoms with Crippen molar-refractivity contribution in [1.82, 2.24) is 0 Å². The Morgan fingerprint density at radius 2 is 2.00 bits per heavy atom. The van der Waals surface area contributed by atoms with Gasteiger partial charge < -0.3 is 10.5 Å². The van der Waals surface area contributed by atoms with E-state index in [1.807, 2.05) is 24.3 Å². The zero-order valence-electron chi connectivity index (χ0n) is 10.2. The monoisotopic (exact) mass is 373 g/mol. The van der Waals surface area contributed by atoms with E-state index in [-0.39, 0.29) is 12.1 Å². The molecule has 0 spiro atoms. The summed E-state index contributed by atoms with van der Waals surface area (Å²) < 4.78 is 7.25. The lowest BCUT2D eigenvalue weighted by molar-refractivity contribution is 0.171. The fraction of sp³-hybridized carbons (Fsp3) is 0.286. The highest BCUT2D eigenvalue weighted by Crippen LogP contribution is 2.27. The van der Waals surface area contributed by atoms with Gasteiger partial charge in [-0.2, -0.15) is 11.3 Å². The van der Waals surface area contributed by atoms with Crippen molar-refractivity contribution in [2.75, 3.05) is 0 Å². The summed E-state index contributed by atoms with van der Waals surface area (Å²) >= 11 is 3.95. The summed E-state index contributed by atoms with van der Waals surface area (Å²) in [6.07, 6.45) is 0.826. The topological polar surface area (TPSA) is 35.2 Å². The molecule has 1 heterocycles. The Hall–Kier alpha value is -0.590. The van der Waals surface area contributed by atoms with Gasteiger partial charge in [0.2, 0.25) is 0 Å². The summed E-state index contributed by atoms with van der Waals surface area (Å²) in [6.45, 7) is 2.08. The van der Waals surface area contributed by atoms with Crippen LogP contribution in [0.25, 0.3) is 0 Å². The van der Waals surface area contributed by atoms with Crippen LogP contribution < -0.4 is 10.5 Å². The molecule has 0 saturated carbocycles. The first-order chi connectivity index (χ1) is 8.70. The fourth-order valence-corrected chi connectivity index (χ4v) is 2.76. The van der Waals surface area contributed by atoms with Gasteiger partial charge in [-0.3, -0.25) is 0 Å². The van der Waals surface area contributed by atoms with Gasteiger partial charge in [0.25, 0.3) is 0 Å². The van der Waals surface area contributed by atoms with E-state index >= 15 is 0 Å². The highest BCUT2D eigenvalue weighted by Gasteiger charge is 2.20. The van der Waals surface area contributed by atoms with Crippen LogP contribution in [0.15, 0.2) is 41.1 Å². The third kappa shape index (κ3) is 3.46. The van der Waals surface area contributed by atoms with E-state index in [1.165, 1.54) is 3.57 Å². The zero-order valence-corrected chi connectivity index (χ0v) is 13.1. The van der Waals surface area contributed by atoms with Crippen LogP contribution in [0.4, 0.5) is 0 Å². The maximum atomic E-state index is 6.16. The van der Waals surface area contributed by atoms with Crippen LogP contribution in [-0.4, -0.2) is 6.04 Å². The van der Waals surface area contributed by atoms with E-state index < -0.39 is 0 Å². The molecule has 1 aromatic heterocycles. The second-order valence-corrected chi connectivity index (χ2v) is 6.15. The highest BCUT2D eigenvalue weighted by molar-refractivity contribution is 14.1. The van der Waals surface area contributed by atoms with Crippen molar-refractivity contribution in [3.63, 3.8) is 0 Å². The molecule has 2 rings (SSSR count). The van der Waals surface area contributed by atoms with Gasteiger partial charge in [0.15, 0.2) is 0 Å². The molecule has 2 aromatic rings. The minimum atomic E-state index is -0.0682. The van der Waals surface area contributed by atoms with Gasteiger partial charge in [0.1, 0.15) is 11.9 Å². The number of halogens is 1. The van der Waals surface area contributed by atoms with Crippen LogP contribution in [-0.2, 0) is 0 Å². The maximum absolute atomic E-state index is 6.16. The van der Waals surface area contributed by atoms with Gasteiger partial charge >= 0.3 is 0 Å². The largest absolute Gasteiger partial charge is 0.484 e. The summed E-state index contributed by atoms with van der Waals surface area (Å²) in [5.74, 6) is 0.871. The lowest BCUT2D eigenvalue weighted by Crippen LogP contribution is -2.31. The third-order valence-corrected chi connectivity index (χ3v) is 4.23. The molecule has 2 unspecified atom stereocenters. The van der Waals surface area contributed by atoms with E-state index in [4.69, 9.17) is 10.5 Å². The molecule has 0 aliphatic heterocycles. The van der Waals surface area contributed by atoms with E-state index in [1.54, 1.807) is 11.3 Å². The van der Waals surface area contributed by atoms with Crippen LogP contribution in [0, 0.1) is 3.57 Å². The Balaban J connectivity index is 2.17. The van der Waals surface area contributed by atoms with Crippen molar-refractivity contribution in [2.45, 2.75) is 25.5 Å². The number of rotatable bonds is 5. The number of hydrogen-bond acceptors (Lipinski definition) is 3. The number of nitrogens with two attached hydrogens (primary N) is 1. The maximum Gasteiger partial charge on any atom is 0.140 e. The SMILES string of the molecule is CCC(N)C(Oc1ccc(I)cc1)c1ccsc1. The number of hydrogen-bond donors (Lipinski definition) is 1. The van der Waals surface area contributed by atoms with Crippen LogP contribution in [0.2, 0.25) is 0 Å². The Kier molecular flexibility index (Phi) is 5.03. The molecule has 0 amide bonds. The van der Waals surface area contributed by atoms with Gasteiger partial charge in [0.05, 0.1) is 0 Å². The summed E-state index contributed by atoms with van der Waals surface area (Å²) in [7, 11) is 0. The first kappa shape index (κ1) is 13.8. The van der Waals surface area contributed by atoms with Crippen molar-refractivity contribution in [3.8, 4) is 5.75 Å². The second kappa shape index (κ2) is 6.54. The average molecular weight is 373 g/mol. The Morgan fingerprint density at radius 1 is 1.28 bits per heavy atom. The highest BCUT2D eigenvalue weighted by atomic mass is 127. The molecule has 2 atom stereocenters. The molecule has 0 fully saturated rings. The normalized spacial score (nSPS) is 14.2. The summed E-state index contributed by atoms with van der Waals surface area (Å²) in [5.41, 5.74) is 7.32.